The highest BCUT2D eigenvalue weighted by molar-refractivity contribution is 5.36. The first-order chi connectivity index (χ1) is 13.0. The number of hydrogen-bond acceptors (Lipinski definition) is 3. The molecule has 2 aliphatic rings. The largest absolute Gasteiger partial charge is 0.494 e. The summed E-state index contributed by atoms with van der Waals surface area (Å²) in [6.45, 7) is 0.855. The number of ether oxygens (including phenoxy) is 1. The number of nitrogens with zero attached hydrogens (tertiary/aromatic N) is 1. The average Bonchev–Trinajstić information content (AvgIpc) is 2.65. The van der Waals surface area contributed by atoms with Crippen molar-refractivity contribution >= 4 is 0 Å². The Morgan fingerprint density at radius 3 is 2.41 bits per heavy atom. The summed E-state index contributed by atoms with van der Waals surface area (Å²) in [5.41, 5.74) is 0.508. The smallest absolute Gasteiger partial charge is 0.200 e. The summed E-state index contributed by atoms with van der Waals surface area (Å²) in [5, 5.41) is 11.4. The fraction of sp³-hybridized carbons (Fsp3) is 0.455. The molecular formula is C22H25F2NO2. The van der Waals surface area contributed by atoms with Gasteiger partial charge >= 0.3 is 0 Å². The highest BCUT2D eigenvalue weighted by Crippen LogP contribution is 2.45. The Morgan fingerprint density at radius 1 is 1.11 bits per heavy atom. The zero-order valence-electron chi connectivity index (χ0n) is 15.5. The van der Waals surface area contributed by atoms with Gasteiger partial charge in [0.25, 0.3) is 0 Å². The molecule has 1 N–H and O–H groups in total. The summed E-state index contributed by atoms with van der Waals surface area (Å²) >= 11 is 0. The minimum atomic E-state index is -1.16. The topological polar surface area (TPSA) is 32.7 Å². The van der Waals surface area contributed by atoms with Gasteiger partial charge in [0, 0.05) is 18.6 Å². The van der Waals surface area contributed by atoms with Crippen LogP contribution in [0.2, 0.25) is 0 Å². The normalized spacial score (nSPS) is 28.1. The van der Waals surface area contributed by atoms with Crippen molar-refractivity contribution in [3.63, 3.8) is 0 Å². The maximum Gasteiger partial charge on any atom is 0.200 e. The minimum absolute atomic E-state index is 0.157. The Morgan fingerprint density at radius 2 is 1.78 bits per heavy atom. The van der Waals surface area contributed by atoms with E-state index in [4.69, 9.17) is 4.74 Å². The lowest BCUT2D eigenvalue weighted by molar-refractivity contribution is -0.100. The van der Waals surface area contributed by atoms with Crippen molar-refractivity contribution in [2.45, 2.75) is 56.3 Å². The molecule has 3 nitrogen and oxygen atoms in total. The zero-order valence-corrected chi connectivity index (χ0v) is 15.5. The monoisotopic (exact) mass is 373 g/mol. The molecule has 2 aromatic rings. The van der Waals surface area contributed by atoms with E-state index in [2.05, 4.69) is 17.0 Å². The summed E-state index contributed by atoms with van der Waals surface area (Å²) in [7, 11) is 1.31. The molecular weight excluding hydrogens is 348 g/mol. The van der Waals surface area contributed by atoms with E-state index in [-0.39, 0.29) is 17.8 Å². The number of fused-ring (bicyclic) bond motifs is 2. The Balaban J connectivity index is 1.62. The summed E-state index contributed by atoms with van der Waals surface area (Å²) in [6.07, 6.45) is 4.19. The van der Waals surface area contributed by atoms with Crippen LogP contribution in [0.4, 0.5) is 8.78 Å². The van der Waals surface area contributed by atoms with E-state index in [0.717, 1.165) is 31.9 Å². The number of piperidine rings is 2. The molecule has 2 fully saturated rings. The lowest BCUT2D eigenvalue weighted by Crippen LogP contribution is -2.56. The Hall–Kier alpha value is -1.98. The predicted octanol–water partition coefficient (Wildman–Crippen LogP) is 4.38. The second-order valence-corrected chi connectivity index (χ2v) is 7.81. The molecule has 5 heteroatoms. The lowest BCUT2D eigenvalue weighted by atomic mass is 9.72. The molecule has 2 unspecified atom stereocenters. The van der Waals surface area contributed by atoms with Crippen LogP contribution >= 0.6 is 0 Å². The van der Waals surface area contributed by atoms with Crippen molar-refractivity contribution in [2.75, 3.05) is 7.11 Å². The van der Waals surface area contributed by atoms with Crippen molar-refractivity contribution in [3.8, 4) is 5.75 Å². The van der Waals surface area contributed by atoms with Gasteiger partial charge in [-0.1, -0.05) is 36.8 Å². The average molecular weight is 373 g/mol. The van der Waals surface area contributed by atoms with Crippen LogP contribution in [0.1, 0.15) is 43.2 Å². The molecule has 0 aliphatic carbocycles. The van der Waals surface area contributed by atoms with Crippen LogP contribution in [0.5, 0.6) is 5.75 Å². The molecule has 0 amide bonds. The molecule has 27 heavy (non-hydrogen) atoms. The number of halogens is 2. The van der Waals surface area contributed by atoms with Crippen LogP contribution in [0.15, 0.2) is 42.5 Å². The standard InChI is InChI=1S/C22H25F2NO2/c1-27-20-11-16(10-19(23)21(20)24)22(26)12-17-8-5-9-18(13-22)25(17)14-15-6-3-2-4-7-15/h2-4,6-7,10-11,17-18,26H,5,8-9,12-14H2,1H3. The van der Waals surface area contributed by atoms with Crippen LogP contribution in [-0.4, -0.2) is 29.2 Å². The SMILES string of the molecule is COc1cc(C2(O)CC3CCCC(C2)N3Cc2ccccc2)cc(F)c1F. The van der Waals surface area contributed by atoms with Crippen molar-refractivity contribution in [1.29, 1.82) is 0 Å². The number of methoxy groups -OCH3 is 1. The van der Waals surface area contributed by atoms with Crippen molar-refractivity contribution in [1.82, 2.24) is 4.90 Å². The molecule has 144 valence electrons. The molecule has 2 aromatic carbocycles. The molecule has 2 aliphatic heterocycles. The van der Waals surface area contributed by atoms with Crippen LogP contribution < -0.4 is 4.74 Å². The summed E-state index contributed by atoms with van der Waals surface area (Å²) in [5.74, 6) is -2.14. The highest BCUT2D eigenvalue weighted by Gasteiger charge is 2.46. The molecule has 0 radical (unpaired) electrons. The summed E-state index contributed by atoms with van der Waals surface area (Å²) in [6, 6.07) is 13.4. The number of aliphatic hydroxyl groups is 1. The van der Waals surface area contributed by atoms with Gasteiger partial charge in [-0.3, -0.25) is 4.90 Å². The fourth-order valence-corrected chi connectivity index (χ4v) is 4.79. The lowest BCUT2D eigenvalue weighted by Gasteiger charge is -2.52. The van der Waals surface area contributed by atoms with Gasteiger partial charge in [-0.2, -0.15) is 4.39 Å². The summed E-state index contributed by atoms with van der Waals surface area (Å²) in [4.78, 5) is 2.48. The number of rotatable bonds is 4. The predicted molar refractivity (Wildman–Crippen MR) is 99.5 cm³/mol. The quantitative estimate of drug-likeness (QED) is 0.863. The zero-order chi connectivity index (χ0) is 19.0. The maximum absolute atomic E-state index is 14.0. The third-order valence-electron chi connectivity index (χ3n) is 6.12. The first-order valence-electron chi connectivity index (χ1n) is 9.56. The third-order valence-corrected chi connectivity index (χ3v) is 6.12. The van der Waals surface area contributed by atoms with E-state index in [1.54, 1.807) is 0 Å². The van der Waals surface area contributed by atoms with Gasteiger partial charge in [-0.05, 0) is 48.9 Å². The van der Waals surface area contributed by atoms with Crippen LogP contribution in [0.25, 0.3) is 0 Å². The third kappa shape index (κ3) is 3.46. The van der Waals surface area contributed by atoms with Gasteiger partial charge in [0.1, 0.15) is 0 Å². The highest BCUT2D eigenvalue weighted by atomic mass is 19.2. The van der Waals surface area contributed by atoms with Crippen LogP contribution in [0, 0.1) is 11.6 Å². The van der Waals surface area contributed by atoms with Gasteiger partial charge in [0.2, 0.25) is 5.82 Å². The van der Waals surface area contributed by atoms with Crippen LogP contribution in [0.3, 0.4) is 0 Å². The summed E-state index contributed by atoms with van der Waals surface area (Å²) < 4.78 is 32.8. The molecule has 2 saturated heterocycles. The molecule has 2 bridgehead atoms. The van der Waals surface area contributed by atoms with Crippen molar-refractivity contribution in [2.24, 2.45) is 0 Å². The number of hydrogen-bond donors (Lipinski definition) is 1. The minimum Gasteiger partial charge on any atom is -0.494 e. The Kier molecular flexibility index (Phi) is 4.91. The van der Waals surface area contributed by atoms with Gasteiger partial charge in [-0.25, -0.2) is 4.39 Å². The molecule has 0 saturated carbocycles. The Labute approximate surface area is 158 Å². The van der Waals surface area contributed by atoms with Gasteiger partial charge in [-0.15, -0.1) is 0 Å². The molecule has 4 rings (SSSR count). The Bertz CT molecular complexity index is 797. The van der Waals surface area contributed by atoms with E-state index < -0.39 is 17.2 Å². The second kappa shape index (κ2) is 7.21. The van der Waals surface area contributed by atoms with E-state index in [1.165, 1.54) is 18.7 Å². The number of benzene rings is 2. The van der Waals surface area contributed by atoms with E-state index in [0.29, 0.717) is 18.4 Å². The van der Waals surface area contributed by atoms with Gasteiger partial charge < -0.3 is 9.84 Å². The second-order valence-electron chi connectivity index (χ2n) is 7.81. The van der Waals surface area contributed by atoms with Crippen molar-refractivity contribution < 1.29 is 18.6 Å². The van der Waals surface area contributed by atoms with Gasteiger partial charge in [0.05, 0.1) is 12.7 Å². The first-order valence-corrected chi connectivity index (χ1v) is 9.56. The first kappa shape index (κ1) is 18.4. The van der Waals surface area contributed by atoms with E-state index >= 15 is 0 Å². The van der Waals surface area contributed by atoms with Crippen LogP contribution in [-0.2, 0) is 12.1 Å². The molecule has 0 spiro atoms. The molecule has 0 aromatic heterocycles. The van der Waals surface area contributed by atoms with Gasteiger partial charge in [0.15, 0.2) is 11.6 Å². The van der Waals surface area contributed by atoms with Crippen molar-refractivity contribution in [3.05, 3.63) is 65.2 Å². The van der Waals surface area contributed by atoms with E-state index in [9.17, 15) is 13.9 Å². The fourth-order valence-electron chi connectivity index (χ4n) is 4.79. The van der Waals surface area contributed by atoms with E-state index in [1.807, 2.05) is 18.2 Å². The molecule has 2 heterocycles. The maximum atomic E-state index is 14.0. The molecule has 2 atom stereocenters.